The summed E-state index contributed by atoms with van der Waals surface area (Å²) in [4.78, 5) is 8.96. The van der Waals surface area contributed by atoms with Crippen LogP contribution in [-0.4, -0.2) is 22.2 Å². The lowest BCUT2D eigenvalue weighted by atomic mass is 10.1. The van der Waals surface area contributed by atoms with Crippen molar-refractivity contribution in [3.63, 3.8) is 0 Å². The molecule has 5 nitrogen and oxygen atoms in total. The summed E-state index contributed by atoms with van der Waals surface area (Å²) < 4.78 is 10.7. The third-order valence-corrected chi connectivity index (χ3v) is 4.33. The molecule has 0 bridgehead atoms. The third-order valence-electron chi connectivity index (χ3n) is 3.29. The Morgan fingerprint density at radius 3 is 2.82 bits per heavy atom. The summed E-state index contributed by atoms with van der Waals surface area (Å²) in [7, 11) is 1.66. The summed E-state index contributed by atoms with van der Waals surface area (Å²) in [6, 6.07) is 7.85. The molecular weight excluding hydrogens is 298 g/mol. The number of aromatic nitrogens is 3. The Morgan fingerprint density at radius 1 is 1.18 bits per heavy atom. The van der Waals surface area contributed by atoms with Gasteiger partial charge < -0.3 is 9.26 Å². The van der Waals surface area contributed by atoms with Crippen LogP contribution in [0.2, 0.25) is 0 Å². The van der Waals surface area contributed by atoms with Crippen LogP contribution in [0.3, 0.4) is 0 Å². The van der Waals surface area contributed by atoms with Crippen molar-refractivity contribution in [1.29, 1.82) is 0 Å². The van der Waals surface area contributed by atoms with Crippen molar-refractivity contribution in [2.75, 3.05) is 7.11 Å². The third kappa shape index (κ3) is 3.33. The van der Waals surface area contributed by atoms with E-state index >= 15 is 0 Å². The first-order chi connectivity index (χ1) is 10.8. The number of hydrogen-bond acceptors (Lipinski definition) is 6. The molecule has 3 aromatic rings. The molecule has 114 valence electrons. The quantitative estimate of drug-likeness (QED) is 0.698. The van der Waals surface area contributed by atoms with Gasteiger partial charge in [0.2, 0.25) is 5.89 Å². The number of rotatable bonds is 6. The topological polar surface area (TPSA) is 61.0 Å². The molecule has 0 aliphatic heterocycles. The summed E-state index contributed by atoms with van der Waals surface area (Å²) in [5, 5.41) is 7.22. The molecular formula is C16H17N3O2S. The fourth-order valence-corrected chi connectivity index (χ4v) is 2.95. The largest absolute Gasteiger partial charge is 0.496 e. The molecule has 2 heterocycles. The van der Waals surface area contributed by atoms with Crippen LogP contribution in [0.25, 0.3) is 0 Å². The average molecular weight is 315 g/mol. The molecule has 0 amide bonds. The fraction of sp³-hybridized carbons (Fsp3) is 0.312. The van der Waals surface area contributed by atoms with Crippen molar-refractivity contribution in [2.24, 2.45) is 0 Å². The van der Waals surface area contributed by atoms with Crippen LogP contribution in [0.4, 0.5) is 0 Å². The van der Waals surface area contributed by atoms with Crippen LogP contribution < -0.4 is 4.74 Å². The standard InChI is InChI=1S/C16H17N3O2S/c1-3-16-17-12(10-22-16)9-15-18-14(19-21-15)8-11-6-4-5-7-13(11)20-2/h4-7,10H,3,8-9H2,1-2H3. The summed E-state index contributed by atoms with van der Waals surface area (Å²) in [6.07, 6.45) is 2.12. The molecule has 0 aliphatic rings. The molecule has 0 saturated carbocycles. The molecule has 0 spiro atoms. The molecule has 1 aromatic carbocycles. The minimum atomic E-state index is 0.579. The van der Waals surface area contributed by atoms with E-state index in [0.29, 0.717) is 24.6 Å². The van der Waals surface area contributed by atoms with Gasteiger partial charge in [-0.2, -0.15) is 4.98 Å². The zero-order chi connectivity index (χ0) is 15.4. The Bertz CT molecular complexity index is 751. The molecule has 0 N–H and O–H groups in total. The van der Waals surface area contributed by atoms with E-state index in [9.17, 15) is 0 Å². The maximum absolute atomic E-state index is 5.34. The van der Waals surface area contributed by atoms with E-state index in [0.717, 1.165) is 28.4 Å². The van der Waals surface area contributed by atoms with E-state index < -0.39 is 0 Å². The van der Waals surface area contributed by atoms with Crippen LogP contribution in [0, 0.1) is 0 Å². The van der Waals surface area contributed by atoms with Crippen molar-refractivity contribution in [2.45, 2.75) is 26.2 Å². The Morgan fingerprint density at radius 2 is 2.05 bits per heavy atom. The lowest BCUT2D eigenvalue weighted by molar-refractivity contribution is 0.379. The second-order valence-corrected chi connectivity index (χ2v) is 5.80. The zero-order valence-corrected chi connectivity index (χ0v) is 13.4. The molecule has 0 radical (unpaired) electrons. The monoisotopic (exact) mass is 315 g/mol. The minimum Gasteiger partial charge on any atom is -0.496 e. The summed E-state index contributed by atoms with van der Waals surface area (Å²) >= 11 is 1.67. The van der Waals surface area contributed by atoms with Crippen molar-refractivity contribution < 1.29 is 9.26 Å². The molecule has 0 atom stereocenters. The maximum Gasteiger partial charge on any atom is 0.232 e. The molecule has 6 heteroatoms. The lowest BCUT2D eigenvalue weighted by Gasteiger charge is -2.04. The number of para-hydroxylation sites is 1. The van der Waals surface area contributed by atoms with Gasteiger partial charge in [-0.3, -0.25) is 0 Å². The molecule has 0 unspecified atom stereocenters. The number of thiazole rings is 1. The van der Waals surface area contributed by atoms with Crippen LogP contribution in [0.15, 0.2) is 34.2 Å². The molecule has 3 rings (SSSR count). The first-order valence-electron chi connectivity index (χ1n) is 7.15. The second-order valence-electron chi connectivity index (χ2n) is 4.86. The number of aryl methyl sites for hydroxylation is 1. The zero-order valence-electron chi connectivity index (χ0n) is 12.6. The van der Waals surface area contributed by atoms with Crippen LogP contribution in [0.1, 0.15) is 34.9 Å². The second kappa shape index (κ2) is 6.70. The predicted molar refractivity (Wildman–Crippen MR) is 84.4 cm³/mol. The summed E-state index contributed by atoms with van der Waals surface area (Å²) in [6.45, 7) is 2.10. The lowest BCUT2D eigenvalue weighted by Crippen LogP contribution is -1.96. The minimum absolute atomic E-state index is 0.579. The molecule has 2 aromatic heterocycles. The smallest absolute Gasteiger partial charge is 0.232 e. The molecule has 0 aliphatic carbocycles. The van der Waals surface area contributed by atoms with Crippen LogP contribution in [0.5, 0.6) is 5.75 Å². The first kappa shape index (κ1) is 14.7. The van der Waals surface area contributed by atoms with Crippen molar-refractivity contribution >= 4 is 11.3 Å². The number of ether oxygens (including phenoxy) is 1. The van der Waals surface area contributed by atoms with Gasteiger partial charge in [-0.1, -0.05) is 30.3 Å². The summed E-state index contributed by atoms with van der Waals surface area (Å²) in [5.74, 6) is 2.09. The average Bonchev–Trinajstić information content (AvgIpc) is 3.18. The van der Waals surface area contributed by atoms with Gasteiger partial charge in [0, 0.05) is 17.4 Å². The van der Waals surface area contributed by atoms with Crippen molar-refractivity contribution in [3.05, 3.63) is 57.6 Å². The van der Waals surface area contributed by atoms with Gasteiger partial charge in [0.25, 0.3) is 0 Å². The van der Waals surface area contributed by atoms with Gasteiger partial charge in [0.05, 0.1) is 24.2 Å². The van der Waals surface area contributed by atoms with Crippen LogP contribution >= 0.6 is 11.3 Å². The molecule has 22 heavy (non-hydrogen) atoms. The van der Waals surface area contributed by atoms with Crippen molar-refractivity contribution in [3.8, 4) is 5.75 Å². The van der Waals surface area contributed by atoms with Gasteiger partial charge in [0.1, 0.15) is 5.75 Å². The Kier molecular flexibility index (Phi) is 4.48. The highest BCUT2D eigenvalue weighted by Crippen LogP contribution is 2.20. The number of nitrogens with zero attached hydrogens (tertiary/aromatic N) is 3. The van der Waals surface area contributed by atoms with E-state index in [1.165, 1.54) is 0 Å². The van der Waals surface area contributed by atoms with Crippen molar-refractivity contribution in [1.82, 2.24) is 15.1 Å². The predicted octanol–water partition coefficient (Wildman–Crippen LogP) is 3.28. The maximum atomic E-state index is 5.34. The highest BCUT2D eigenvalue weighted by molar-refractivity contribution is 7.09. The highest BCUT2D eigenvalue weighted by atomic mass is 32.1. The Labute approximate surface area is 133 Å². The Balaban J connectivity index is 1.71. The molecule has 0 fully saturated rings. The fourth-order valence-electron chi connectivity index (χ4n) is 2.20. The van der Waals surface area contributed by atoms with Gasteiger partial charge in [-0.25, -0.2) is 4.98 Å². The van der Waals surface area contributed by atoms with E-state index in [1.54, 1.807) is 18.4 Å². The van der Waals surface area contributed by atoms with E-state index in [4.69, 9.17) is 9.26 Å². The summed E-state index contributed by atoms with van der Waals surface area (Å²) in [5.41, 5.74) is 2.02. The Hall–Kier alpha value is -2.21. The highest BCUT2D eigenvalue weighted by Gasteiger charge is 2.12. The van der Waals surface area contributed by atoms with Gasteiger partial charge in [-0.05, 0) is 12.5 Å². The number of benzene rings is 1. The van der Waals surface area contributed by atoms with Gasteiger partial charge in [-0.15, -0.1) is 11.3 Å². The van der Waals surface area contributed by atoms with Gasteiger partial charge in [0.15, 0.2) is 5.82 Å². The SMILES string of the molecule is CCc1nc(Cc2nc(Cc3ccccc3OC)no2)cs1. The van der Waals surface area contributed by atoms with E-state index in [-0.39, 0.29) is 0 Å². The van der Waals surface area contributed by atoms with E-state index in [1.807, 2.05) is 29.6 Å². The molecule has 0 saturated heterocycles. The number of hydrogen-bond donors (Lipinski definition) is 0. The van der Waals surface area contributed by atoms with Crippen LogP contribution in [-0.2, 0) is 19.3 Å². The normalized spacial score (nSPS) is 10.8. The number of methoxy groups -OCH3 is 1. The first-order valence-corrected chi connectivity index (χ1v) is 8.03. The van der Waals surface area contributed by atoms with E-state index in [2.05, 4.69) is 22.0 Å². The van der Waals surface area contributed by atoms with Gasteiger partial charge >= 0.3 is 0 Å².